The number of nitrogens with zero attached hydrogens (tertiary/aromatic N) is 1. The van der Waals surface area contributed by atoms with Crippen molar-refractivity contribution in [3.05, 3.63) is 61.6 Å². The molecule has 0 aromatic heterocycles. The highest BCUT2D eigenvalue weighted by Gasteiger charge is 2.31. The van der Waals surface area contributed by atoms with E-state index in [0.29, 0.717) is 27.8 Å². The van der Waals surface area contributed by atoms with Crippen LogP contribution in [0.15, 0.2) is 42.5 Å². The first-order chi connectivity index (χ1) is 15.4. The molecule has 2 amide bonds. The van der Waals surface area contributed by atoms with E-state index >= 15 is 0 Å². The molecule has 1 N–H and O–H groups in total. The molecule has 0 heterocycles. The molecule has 0 saturated heterocycles. The molecule has 0 spiro atoms. The van der Waals surface area contributed by atoms with Crippen molar-refractivity contribution in [3.63, 3.8) is 0 Å². The third kappa shape index (κ3) is 6.75. The van der Waals surface area contributed by atoms with Crippen LogP contribution in [0.5, 0.6) is 5.75 Å². The third-order valence-electron chi connectivity index (χ3n) is 5.65. The van der Waals surface area contributed by atoms with Gasteiger partial charge < -0.3 is 15.0 Å². The van der Waals surface area contributed by atoms with E-state index in [-0.39, 0.29) is 31.0 Å². The van der Waals surface area contributed by atoms with Gasteiger partial charge in [-0.2, -0.15) is 0 Å². The fraction of sp³-hybridized carbons (Fsp3) is 0.417. The zero-order chi connectivity index (χ0) is 23.1. The fourth-order valence-electron chi connectivity index (χ4n) is 3.90. The molecular weight excluding hydrogens is 562 g/mol. The summed E-state index contributed by atoms with van der Waals surface area (Å²) in [5.41, 5.74) is 0.616. The fourth-order valence-corrected chi connectivity index (χ4v) is 4.78. The highest BCUT2D eigenvalue weighted by Crippen LogP contribution is 2.27. The predicted molar refractivity (Wildman–Crippen MR) is 136 cm³/mol. The first-order valence-corrected chi connectivity index (χ1v) is 12.6. The zero-order valence-electron chi connectivity index (χ0n) is 18.0. The number of carbonyl (C=O) groups excluding carboxylic acids is 2. The van der Waals surface area contributed by atoms with Crippen LogP contribution in [-0.4, -0.2) is 35.4 Å². The van der Waals surface area contributed by atoms with E-state index < -0.39 is 6.04 Å². The second-order valence-corrected chi connectivity index (χ2v) is 9.94. The molecule has 32 heavy (non-hydrogen) atoms. The largest absolute Gasteiger partial charge is 0.484 e. The van der Waals surface area contributed by atoms with Crippen LogP contribution >= 0.6 is 45.8 Å². The van der Waals surface area contributed by atoms with Crippen LogP contribution in [0.25, 0.3) is 0 Å². The summed E-state index contributed by atoms with van der Waals surface area (Å²) in [5, 5.41) is 4.04. The van der Waals surface area contributed by atoms with Crippen molar-refractivity contribution in [1.29, 1.82) is 0 Å². The van der Waals surface area contributed by atoms with Gasteiger partial charge in [-0.25, -0.2) is 0 Å². The Morgan fingerprint density at radius 3 is 2.34 bits per heavy atom. The van der Waals surface area contributed by atoms with E-state index in [0.717, 1.165) is 29.3 Å². The van der Waals surface area contributed by atoms with Crippen LogP contribution in [0, 0.1) is 3.57 Å². The quantitative estimate of drug-likeness (QED) is 0.374. The van der Waals surface area contributed by atoms with Gasteiger partial charge in [0.25, 0.3) is 5.91 Å². The second kappa shape index (κ2) is 12.1. The summed E-state index contributed by atoms with van der Waals surface area (Å²) in [4.78, 5) is 28.0. The topological polar surface area (TPSA) is 58.6 Å². The van der Waals surface area contributed by atoms with Crippen LogP contribution < -0.4 is 10.1 Å². The summed E-state index contributed by atoms with van der Waals surface area (Å²) in [6.45, 7) is 1.84. The number of carbonyl (C=O) groups is 2. The molecule has 2 aromatic carbocycles. The molecule has 0 radical (unpaired) electrons. The minimum absolute atomic E-state index is 0.129. The molecule has 1 saturated carbocycles. The number of hydrogen-bond donors (Lipinski definition) is 1. The lowest BCUT2D eigenvalue weighted by Crippen LogP contribution is -2.52. The minimum Gasteiger partial charge on any atom is -0.484 e. The molecule has 1 unspecified atom stereocenters. The minimum atomic E-state index is -0.643. The van der Waals surface area contributed by atoms with E-state index in [2.05, 4.69) is 27.9 Å². The average molecular weight is 589 g/mol. The van der Waals surface area contributed by atoms with Gasteiger partial charge in [-0.3, -0.25) is 9.59 Å². The van der Waals surface area contributed by atoms with Gasteiger partial charge in [0.1, 0.15) is 11.8 Å². The molecule has 5 nitrogen and oxygen atoms in total. The van der Waals surface area contributed by atoms with Crippen molar-refractivity contribution in [1.82, 2.24) is 10.2 Å². The number of hydrogen-bond acceptors (Lipinski definition) is 3. The zero-order valence-corrected chi connectivity index (χ0v) is 21.6. The second-order valence-electron chi connectivity index (χ2n) is 7.88. The van der Waals surface area contributed by atoms with Gasteiger partial charge >= 0.3 is 0 Å². The first-order valence-electron chi connectivity index (χ1n) is 10.8. The average Bonchev–Trinajstić information content (AvgIpc) is 3.28. The van der Waals surface area contributed by atoms with Crippen molar-refractivity contribution in [3.8, 4) is 5.75 Å². The van der Waals surface area contributed by atoms with E-state index in [4.69, 9.17) is 27.9 Å². The number of benzene rings is 2. The molecular formula is C24H27Cl2IN2O3. The van der Waals surface area contributed by atoms with Gasteiger partial charge in [0.05, 0.1) is 0 Å². The summed E-state index contributed by atoms with van der Waals surface area (Å²) in [6.07, 6.45) is 4.65. The van der Waals surface area contributed by atoms with Crippen molar-refractivity contribution < 1.29 is 14.3 Å². The van der Waals surface area contributed by atoms with Gasteiger partial charge in [-0.1, -0.05) is 49.0 Å². The Morgan fingerprint density at radius 2 is 1.75 bits per heavy atom. The lowest BCUT2D eigenvalue weighted by atomic mass is 10.1. The number of amides is 2. The lowest BCUT2D eigenvalue weighted by molar-refractivity contribution is -0.143. The predicted octanol–water partition coefficient (Wildman–Crippen LogP) is 5.84. The van der Waals surface area contributed by atoms with Crippen molar-refractivity contribution in [2.24, 2.45) is 0 Å². The Morgan fingerprint density at radius 1 is 1.12 bits per heavy atom. The summed E-state index contributed by atoms with van der Waals surface area (Å²) in [7, 11) is 0. The van der Waals surface area contributed by atoms with E-state index in [1.165, 1.54) is 4.90 Å². The number of halogens is 3. The molecule has 1 aliphatic carbocycles. The smallest absolute Gasteiger partial charge is 0.261 e. The maximum absolute atomic E-state index is 13.3. The van der Waals surface area contributed by atoms with Gasteiger partial charge in [0.15, 0.2) is 6.61 Å². The van der Waals surface area contributed by atoms with Crippen molar-refractivity contribution in [2.45, 2.75) is 57.7 Å². The van der Waals surface area contributed by atoms with E-state index in [1.54, 1.807) is 18.2 Å². The van der Waals surface area contributed by atoms with E-state index in [1.807, 2.05) is 31.2 Å². The highest BCUT2D eigenvalue weighted by atomic mass is 127. The standard InChI is InChI=1S/C24H27Cl2IN2O3/c1-2-22(24(31)28-17-6-3-4-7-17)29(14-19-20(25)8-5-9-21(19)26)23(30)15-32-18-12-10-16(27)11-13-18/h5,8-13,17,22H,2-4,6-7,14-15H2,1H3,(H,28,31). The Hall–Kier alpha value is -1.51. The van der Waals surface area contributed by atoms with E-state index in [9.17, 15) is 9.59 Å². The Kier molecular flexibility index (Phi) is 9.49. The van der Waals surface area contributed by atoms with Crippen LogP contribution in [0.2, 0.25) is 10.0 Å². The summed E-state index contributed by atoms with van der Waals surface area (Å²) in [6, 6.07) is 12.2. The molecule has 0 bridgehead atoms. The van der Waals surface area contributed by atoms with Crippen LogP contribution in [0.1, 0.15) is 44.6 Å². The molecule has 1 atom stereocenters. The van der Waals surface area contributed by atoms with Crippen LogP contribution in [0.3, 0.4) is 0 Å². The third-order valence-corrected chi connectivity index (χ3v) is 7.08. The number of rotatable bonds is 9. The molecule has 2 aromatic rings. The molecule has 1 fully saturated rings. The van der Waals surface area contributed by atoms with Gasteiger partial charge in [0, 0.05) is 31.8 Å². The molecule has 3 rings (SSSR count). The van der Waals surface area contributed by atoms with Crippen LogP contribution in [0.4, 0.5) is 0 Å². The summed E-state index contributed by atoms with van der Waals surface area (Å²) < 4.78 is 6.79. The lowest BCUT2D eigenvalue weighted by Gasteiger charge is -2.32. The molecule has 172 valence electrons. The number of nitrogens with one attached hydrogen (secondary N) is 1. The van der Waals surface area contributed by atoms with Gasteiger partial charge in [-0.15, -0.1) is 0 Å². The molecule has 8 heteroatoms. The maximum atomic E-state index is 13.3. The summed E-state index contributed by atoms with van der Waals surface area (Å²) >= 11 is 15.0. The monoisotopic (exact) mass is 588 g/mol. The van der Waals surface area contributed by atoms with Crippen molar-refractivity contribution in [2.75, 3.05) is 6.61 Å². The number of ether oxygens (including phenoxy) is 1. The van der Waals surface area contributed by atoms with Crippen molar-refractivity contribution >= 4 is 57.6 Å². The Bertz CT molecular complexity index is 913. The normalized spacial score (nSPS) is 14.8. The summed E-state index contributed by atoms with van der Waals surface area (Å²) in [5.74, 6) is 0.149. The highest BCUT2D eigenvalue weighted by molar-refractivity contribution is 14.1. The Balaban J connectivity index is 1.80. The maximum Gasteiger partial charge on any atom is 0.261 e. The SMILES string of the molecule is CCC(C(=O)NC1CCCC1)N(Cc1c(Cl)cccc1Cl)C(=O)COc1ccc(I)cc1. The molecule has 1 aliphatic rings. The molecule has 0 aliphatic heterocycles. The van der Waals surface area contributed by atoms with Crippen LogP contribution in [-0.2, 0) is 16.1 Å². The van der Waals surface area contributed by atoms with Gasteiger partial charge in [0.2, 0.25) is 5.91 Å². The first kappa shape index (κ1) is 25.1. The Labute approximate surface area is 212 Å². The van der Waals surface area contributed by atoms with Gasteiger partial charge in [-0.05, 0) is 78.3 Å².